The fourth-order valence-corrected chi connectivity index (χ4v) is 10.3. The van der Waals surface area contributed by atoms with Crippen LogP contribution >= 0.6 is 27.3 Å². The molecule has 4 heterocycles. The van der Waals surface area contributed by atoms with Crippen LogP contribution in [0.15, 0.2) is 75.6 Å². The standard InChI is InChI=1S/C41H48BrN5S/c1-28-39(48-27-45-28)31-14-12-30(13-15-31)36(43)10-4-2-7-22-46-23-18-29(19-24-46)32-16-17-38-34(25-32)41(20-5-3-6-21-41)40-44-26-33-35(42)9-8-11-37(33)47(38)40/h8-9,11-17,25,27,29,36H,2-7,10,18-24,26,43H2,1H3/t36-/m0/s1. The van der Waals surface area contributed by atoms with Crippen molar-refractivity contribution in [2.75, 3.05) is 24.5 Å². The van der Waals surface area contributed by atoms with Crippen molar-refractivity contribution in [1.82, 2.24) is 9.88 Å². The minimum atomic E-state index is 0.0806. The Morgan fingerprint density at radius 2 is 1.77 bits per heavy atom. The Balaban J connectivity index is 0.853. The van der Waals surface area contributed by atoms with Crippen molar-refractivity contribution in [3.63, 3.8) is 0 Å². The number of likely N-dealkylation sites (tertiary alicyclic amines) is 1. The van der Waals surface area contributed by atoms with E-state index >= 15 is 0 Å². The Labute approximate surface area is 298 Å². The van der Waals surface area contributed by atoms with Crippen molar-refractivity contribution < 1.29 is 0 Å². The molecule has 2 N–H and O–H groups in total. The summed E-state index contributed by atoms with van der Waals surface area (Å²) in [5, 5.41) is 0. The number of nitrogens with zero attached hydrogens (tertiary/aromatic N) is 4. The van der Waals surface area contributed by atoms with Gasteiger partial charge in [0.25, 0.3) is 0 Å². The van der Waals surface area contributed by atoms with Crippen LogP contribution in [-0.2, 0) is 12.0 Å². The number of thiazole rings is 1. The van der Waals surface area contributed by atoms with Crippen molar-refractivity contribution in [2.24, 2.45) is 10.7 Å². The maximum atomic E-state index is 6.60. The quantitative estimate of drug-likeness (QED) is 0.175. The van der Waals surface area contributed by atoms with Crippen molar-refractivity contribution in [1.29, 1.82) is 0 Å². The van der Waals surface area contributed by atoms with E-state index in [4.69, 9.17) is 10.7 Å². The van der Waals surface area contributed by atoms with Crippen LogP contribution in [0.2, 0.25) is 0 Å². The predicted octanol–water partition coefficient (Wildman–Crippen LogP) is 10.6. The Morgan fingerprint density at radius 1 is 0.958 bits per heavy atom. The third kappa shape index (κ3) is 5.99. The molecule has 250 valence electrons. The van der Waals surface area contributed by atoms with Crippen LogP contribution in [0.5, 0.6) is 0 Å². The van der Waals surface area contributed by atoms with Gasteiger partial charge in [-0.2, -0.15) is 0 Å². The van der Waals surface area contributed by atoms with Gasteiger partial charge in [0.05, 0.1) is 39.4 Å². The SMILES string of the molecule is Cc1ncsc1-c1ccc([C@@H](N)CCCCCN2CCC(c3ccc4c(c3)C3(CCCCC3)C3=NCc5c(Br)cccc5N34)CC2)cc1. The molecule has 1 atom stereocenters. The lowest BCUT2D eigenvalue weighted by Gasteiger charge is -2.38. The molecule has 2 fully saturated rings. The van der Waals surface area contributed by atoms with Gasteiger partial charge in [0.2, 0.25) is 0 Å². The second-order valence-electron chi connectivity index (χ2n) is 14.6. The van der Waals surface area contributed by atoms with Gasteiger partial charge in [-0.3, -0.25) is 9.89 Å². The van der Waals surface area contributed by atoms with Crippen LogP contribution in [-0.4, -0.2) is 35.4 Å². The summed E-state index contributed by atoms with van der Waals surface area (Å²) in [6.07, 6.45) is 13.7. The van der Waals surface area contributed by atoms with Crippen LogP contribution < -0.4 is 10.6 Å². The normalized spacial score (nSPS) is 19.6. The van der Waals surface area contributed by atoms with E-state index in [0.717, 1.165) is 18.7 Å². The highest BCUT2D eigenvalue weighted by molar-refractivity contribution is 9.10. The first-order valence-electron chi connectivity index (χ1n) is 18.3. The molecule has 1 saturated carbocycles. The second-order valence-corrected chi connectivity index (χ2v) is 16.3. The first-order chi connectivity index (χ1) is 23.5. The Morgan fingerprint density at radius 3 is 2.54 bits per heavy atom. The van der Waals surface area contributed by atoms with Gasteiger partial charge in [-0.25, -0.2) is 4.98 Å². The molecule has 0 bridgehead atoms. The molecule has 0 unspecified atom stereocenters. The molecule has 5 nitrogen and oxygen atoms in total. The smallest absolute Gasteiger partial charge is 0.119 e. The highest BCUT2D eigenvalue weighted by Gasteiger charge is 2.51. The summed E-state index contributed by atoms with van der Waals surface area (Å²) in [7, 11) is 0. The van der Waals surface area contributed by atoms with Gasteiger partial charge in [0.15, 0.2) is 0 Å². The summed E-state index contributed by atoms with van der Waals surface area (Å²) in [4.78, 5) is 16.2. The van der Waals surface area contributed by atoms with E-state index in [-0.39, 0.29) is 11.5 Å². The van der Waals surface area contributed by atoms with E-state index in [9.17, 15) is 0 Å². The van der Waals surface area contributed by atoms with E-state index in [2.05, 4.69) is 98.3 Å². The van der Waals surface area contributed by atoms with Gasteiger partial charge >= 0.3 is 0 Å². The maximum Gasteiger partial charge on any atom is 0.119 e. The van der Waals surface area contributed by atoms with E-state index in [1.165, 1.54) is 127 Å². The zero-order chi connectivity index (χ0) is 32.7. The first kappa shape index (κ1) is 32.4. The molecule has 1 aliphatic carbocycles. The van der Waals surface area contributed by atoms with E-state index in [1.54, 1.807) is 22.5 Å². The lowest BCUT2D eigenvalue weighted by atomic mass is 9.69. The number of aryl methyl sites for hydroxylation is 1. The third-order valence-corrected chi connectivity index (χ3v) is 13.5. The average molecular weight is 723 g/mol. The topological polar surface area (TPSA) is 57.8 Å². The molecular weight excluding hydrogens is 674 g/mol. The average Bonchev–Trinajstić information content (AvgIpc) is 3.67. The number of anilines is 2. The molecule has 8 rings (SSSR count). The largest absolute Gasteiger partial charge is 0.324 e. The minimum Gasteiger partial charge on any atom is -0.324 e. The van der Waals surface area contributed by atoms with E-state index in [0.29, 0.717) is 5.92 Å². The lowest BCUT2D eigenvalue weighted by Crippen LogP contribution is -2.41. The Kier molecular flexibility index (Phi) is 9.32. The zero-order valence-electron chi connectivity index (χ0n) is 28.3. The number of unbranched alkanes of at least 4 members (excludes halogenated alkanes) is 2. The molecule has 0 amide bonds. The summed E-state index contributed by atoms with van der Waals surface area (Å²) in [5.41, 5.74) is 19.3. The van der Waals surface area contributed by atoms with Crippen LogP contribution in [0.25, 0.3) is 10.4 Å². The molecule has 4 aliphatic rings. The van der Waals surface area contributed by atoms with Gasteiger partial charge < -0.3 is 10.6 Å². The number of piperidine rings is 1. The van der Waals surface area contributed by atoms with E-state index < -0.39 is 0 Å². The summed E-state index contributed by atoms with van der Waals surface area (Å²) < 4.78 is 1.17. The molecule has 4 aromatic rings. The van der Waals surface area contributed by atoms with Crippen LogP contribution in [0.3, 0.4) is 0 Å². The number of fused-ring (bicyclic) bond motifs is 7. The van der Waals surface area contributed by atoms with Crippen molar-refractivity contribution in [2.45, 2.75) is 101 Å². The maximum absolute atomic E-state index is 6.60. The predicted molar refractivity (Wildman–Crippen MR) is 205 cm³/mol. The summed E-state index contributed by atoms with van der Waals surface area (Å²) in [6, 6.07) is 23.1. The van der Waals surface area contributed by atoms with Crippen LogP contribution in [0.1, 0.15) is 111 Å². The molecule has 0 radical (unpaired) electrons. The van der Waals surface area contributed by atoms with Crippen molar-refractivity contribution in [3.8, 4) is 10.4 Å². The first-order valence-corrected chi connectivity index (χ1v) is 19.9. The number of nitrogens with two attached hydrogens (primary N) is 1. The molecule has 3 aliphatic heterocycles. The summed E-state index contributed by atoms with van der Waals surface area (Å²) >= 11 is 5.52. The molecule has 7 heteroatoms. The fourth-order valence-electron chi connectivity index (χ4n) is 9.01. The molecule has 1 spiro atoms. The van der Waals surface area contributed by atoms with Gasteiger partial charge in [-0.1, -0.05) is 90.5 Å². The zero-order valence-corrected chi connectivity index (χ0v) is 30.7. The number of rotatable bonds is 9. The number of benzene rings is 3. The highest BCUT2D eigenvalue weighted by atomic mass is 79.9. The highest BCUT2D eigenvalue weighted by Crippen LogP contribution is 2.56. The number of aromatic nitrogens is 1. The number of halogens is 1. The van der Waals surface area contributed by atoms with Gasteiger partial charge in [-0.05, 0) is 111 Å². The Bertz CT molecular complexity index is 1780. The molecule has 1 saturated heterocycles. The third-order valence-electron chi connectivity index (χ3n) is 11.7. The minimum absolute atomic E-state index is 0.0806. The monoisotopic (exact) mass is 721 g/mol. The summed E-state index contributed by atoms with van der Waals surface area (Å²) in [6.45, 7) is 6.47. The number of hydrogen-bond donors (Lipinski definition) is 1. The second kappa shape index (κ2) is 13.8. The van der Waals surface area contributed by atoms with E-state index in [1.807, 2.05) is 5.51 Å². The molecule has 3 aromatic carbocycles. The van der Waals surface area contributed by atoms with Gasteiger partial charge in [0, 0.05) is 16.1 Å². The molecule has 48 heavy (non-hydrogen) atoms. The van der Waals surface area contributed by atoms with Gasteiger partial charge in [0.1, 0.15) is 5.84 Å². The molecular formula is C41H48BrN5S. The fraction of sp³-hybridized carbons (Fsp3) is 0.463. The number of hydrogen-bond acceptors (Lipinski definition) is 6. The molecule has 1 aromatic heterocycles. The van der Waals surface area contributed by atoms with Crippen LogP contribution in [0, 0.1) is 6.92 Å². The summed E-state index contributed by atoms with van der Waals surface area (Å²) in [5.74, 6) is 1.97. The van der Waals surface area contributed by atoms with Crippen molar-refractivity contribution >= 4 is 44.5 Å². The van der Waals surface area contributed by atoms with Crippen LogP contribution in [0.4, 0.5) is 11.4 Å². The Hall–Kier alpha value is -2.84. The van der Waals surface area contributed by atoms with Gasteiger partial charge in [-0.15, -0.1) is 11.3 Å². The van der Waals surface area contributed by atoms with Crippen molar-refractivity contribution in [3.05, 3.63) is 98.6 Å². The lowest BCUT2D eigenvalue weighted by molar-refractivity contribution is 0.208. The number of amidine groups is 1. The number of aliphatic imine (C=N–C) groups is 1.